The second-order valence-corrected chi connectivity index (χ2v) is 7.80. The van der Waals surface area contributed by atoms with Gasteiger partial charge >= 0.3 is 0 Å². The minimum Gasteiger partial charge on any atom is -0.486 e. The summed E-state index contributed by atoms with van der Waals surface area (Å²) in [6.07, 6.45) is 0.994. The van der Waals surface area contributed by atoms with Gasteiger partial charge in [-0.2, -0.15) is 0 Å². The lowest BCUT2D eigenvalue weighted by atomic mass is 10.1. The van der Waals surface area contributed by atoms with E-state index < -0.39 is 0 Å². The first kappa shape index (κ1) is 19.8. The number of rotatable bonds is 7. The van der Waals surface area contributed by atoms with Gasteiger partial charge in [-0.25, -0.2) is 0 Å². The lowest BCUT2D eigenvalue weighted by molar-refractivity contribution is 0.0925. The summed E-state index contributed by atoms with van der Waals surface area (Å²) in [5.41, 5.74) is 2.99. The number of nitrogens with one attached hydrogen (secondary N) is 1. The number of ether oxygens (including phenoxy) is 2. The fraction of sp³-hybridized carbons (Fsp3) is 0.348. The number of pyridine rings is 1. The van der Waals surface area contributed by atoms with Crippen LogP contribution in [0.2, 0.25) is 5.02 Å². The molecule has 6 heteroatoms. The van der Waals surface area contributed by atoms with E-state index >= 15 is 0 Å². The third-order valence-corrected chi connectivity index (χ3v) is 5.44. The number of anilines is 1. The Morgan fingerprint density at radius 2 is 2.03 bits per heavy atom. The number of aromatic nitrogens is 1. The van der Waals surface area contributed by atoms with Gasteiger partial charge in [0.25, 0.3) is 0 Å². The maximum atomic E-state index is 6.26. The van der Waals surface area contributed by atoms with Gasteiger partial charge in [-0.05, 0) is 56.3 Å². The SMILES string of the molecule is Cc1ccc2c3c(ccc2n1)OC[C@H](CNCCCN(C)c1ccccc1Cl)O3. The number of para-hydroxylation sites is 1. The number of hydrogen-bond donors (Lipinski definition) is 1. The molecule has 0 aliphatic carbocycles. The van der Waals surface area contributed by atoms with Gasteiger partial charge in [0.05, 0.1) is 16.2 Å². The van der Waals surface area contributed by atoms with Crippen LogP contribution >= 0.6 is 11.6 Å². The first-order valence-corrected chi connectivity index (χ1v) is 10.4. The molecule has 1 N–H and O–H groups in total. The molecule has 2 heterocycles. The van der Waals surface area contributed by atoms with Gasteiger partial charge in [0.15, 0.2) is 11.5 Å². The summed E-state index contributed by atoms with van der Waals surface area (Å²) in [6, 6.07) is 15.9. The molecule has 0 bridgehead atoms. The highest BCUT2D eigenvalue weighted by molar-refractivity contribution is 6.33. The van der Waals surface area contributed by atoms with Crippen LogP contribution in [-0.4, -0.2) is 44.4 Å². The van der Waals surface area contributed by atoms with Crippen LogP contribution in [0.5, 0.6) is 11.5 Å². The van der Waals surface area contributed by atoms with Crippen LogP contribution in [0.1, 0.15) is 12.1 Å². The van der Waals surface area contributed by atoms with Crippen molar-refractivity contribution in [2.24, 2.45) is 0 Å². The van der Waals surface area contributed by atoms with Crippen LogP contribution < -0.4 is 19.7 Å². The molecule has 152 valence electrons. The molecule has 3 aromatic rings. The fourth-order valence-electron chi connectivity index (χ4n) is 3.56. The zero-order valence-electron chi connectivity index (χ0n) is 16.8. The molecule has 1 aliphatic rings. The first-order valence-electron chi connectivity index (χ1n) is 9.98. The van der Waals surface area contributed by atoms with Crippen molar-refractivity contribution >= 4 is 28.2 Å². The van der Waals surface area contributed by atoms with Crippen LogP contribution in [0.3, 0.4) is 0 Å². The van der Waals surface area contributed by atoms with Gasteiger partial charge in [-0.15, -0.1) is 0 Å². The summed E-state index contributed by atoms with van der Waals surface area (Å²) < 4.78 is 12.2. The fourth-order valence-corrected chi connectivity index (χ4v) is 3.84. The maximum Gasteiger partial charge on any atom is 0.171 e. The molecule has 0 amide bonds. The molecule has 0 saturated heterocycles. The standard InChI is InChI=1S/C23H26ClN3O2/c1-16-8-9-18-20(26-16)10-11-22-23(18)29-17(15-28-22)14-25-12-5-13-27(2)21-7-4-3-6-19(21)24/h3-4,6-11,17,25H,5,12-15H2,1-2H3/t17-/m0/s1. The molecule has 29 heavy (non-hydrogen) atoms. The highest BCUT2D eigenvalue weighted by Gasteiger charge is 2.23. The van der Waals surface area contributed by atoms with E-state index in [1.54, 1.807) is 0 Å². The van der Waals surface area contributed by atoms with E-state index in [9.17, 15) is 0 Å². The predicted octanol–water partition coefficient (Wildman–Crippen LogP) is 4.45. The van der Waals surface area contributed by atoms with Crippen molar-refractivity contribution in [3.63, 3.8) is 0 Å². The topological polar surface area (TPSA) is 46.6 Å². The highest BCUT2D eigenvalue weighted by Crippen LogP contribution is 2.38. The lowest BCUT2D eigenvalue weighted by Crippen LogP contribution is -2.39. The molecular formula is C23H26ClN3O2. The zero-order chi connectivity index (χ0) is 20.2. The number of benzene rings is 2. The quantitative estimate of drug-likeness (QED) is 0.582. The van der Waals surface area contributed by atoms with Crippen molar-refractivity contribution in [2.75, 3.05) is 38.2 Å². The summed E-state index contributed by atoms with van der Waals surface area (Å²) in [7, 11) is 2.07. The van der Waals surface area contributed by atoms with E-state index in [1.165, 1.54) is 0 Å². The average Bonchev–Trinajstić information content (AvgIpc) is 2.73. The molecule has 5 nitrogen and oxygen atoms in total. The van der Waals surface area contributed by atoms with E-state index in [4.69, 9.17) is 21.1 Å². The number of nitrogens with zero attached hydrogens (tertiary/aromatic N) is 2. The minimum atomic E-state index is -0.0179. The maximum absolute atomic E-state index is 6.26. The van der Waals surface area contributed by atoms with Crippen molar-refractivity contribution in [2.45, 2.75) is 19.4 Å². The molecule has 1 aromatic heterocycles. The molecule has 2 aromatic carbocycles. The molecule has 0 saturated carbocycles. The largest absolute Gasteiger partial charge is 0.486 e. The Labute approximate surface area is 176 Å². The second-order valence-electron chi connectivity index (χ2n) is 7.39. The van der Waals surface area contributed by atoms with Crippen LogP contribution in [0.25, 0.3) is 10.9 Å². The second kappa shape index (κ2) is 8.89. The number of hydrogen-bond acceptors (Lipinski definition) is 5. The van der Waals surface area contributed by atoms with Gasteiger partial charge in [0.1, 0.15) is 12.7 Å². The average molecular weight is 412 g/mol. The summed E-state index contributed by atoms with van der Waals surface area (Å²) in [5, 5.41) is 5.27. The van der Waals surface area contributed by atoms with Crippen LogP contribution in [0, 0.1) is 6.92 Å². The van der Waals surface area contributed by atoms with E-state index in [1.807, 2.05) is 49.4 Å². The highest BCUT2D eigenvalue weighted by atomic mass is 35.5. The van der Waals surface area contributed by atoms with Crippen LogP contribution in [0.4, 0.5) is 5.69 Å². The molecule has 0 unspecified atom stereocenters. The Hall–Kier alpha value is -2.50. The molecule has 1 aliphatic heterocycles. The number of aryl methyl sites for hydroxylation is 1. The molecule has 1 atom stereocenters. The molecular weight excluding hydrogens is 386 g/mol. The van der Waals surface area contributed by atoms with Gasteiger partial charge in [-0.3, -0.25) is 4.98 Å². The summed E-state index contributed by atoms with van der Waals surface area (Å²) in [6.45, 7) is 5.11. The van der Waals surface area contributed by atoms with Gasteiger partial charge in [-0.1, -0.05) is 23.7 Å². The van der Waals surface area contributed by atoms with Crippen molar-refractivity contribution in [3.8, 4) is 11.5 Å². The summed E-state index contributed by atoms with van der Waals surface area (Å²) in [4.78, 5) is 6.76. The van der Waals surface area contributed by atoms with Crippen LogP contribution in [0.15, 0.2) is 48.5 Å². The normalized spacial score (nSPS) is 15.5. The third-order valence-electron chi connectivity index (χ3n) is 5.12. The van der Waals surface area contributed by atoms with Crippen molar-refractivity contribution in [3.05, 3.63) is 59.2 Å². The Morgan fingerprint density at radius 3 is 2.90 bits per heavy atom. The van der Waals surface area contributed by atoms with Crippen molar-refractivity contribution < 1.29 is 9.47 Å². The zero-order valence-corrected chi connectivity index (χ0v) is 17.6. The predicted molar refractivity (Wildman–Crippen MR) is 119 cm³/mol. The monoisotopic (exact) mass is 411 g/mol. The van der Waals surface area contributed by atoms with E-state index in [-0.39, 0.29) is 6.10 Å². The van der Waals surface area contributed by atoms with Crippen molar-refractivity contribution in [1.29, 1.82) is 0 Å². The minimum absolute atomic E-state index is 0.0179. The van der Waals surface area contributed by atoms with Gasteiger partial charge in [0, 0.05) is 31.2 Å². The van der Waals surface area contributed by atoms with Crippen LogP contribution in [-0.2, 0) is 0 Å². The molecule has 0 radical (unpaired) electrons. The molecule has 0 fully saturated rings. The van der Waals surface area contributed by atoms with Gasteiger partial charge in [0.2, 0.25) is 0 Å². The van der Waals surface area contributed by atoms with Gasteiger partial charge < -0.3 is 19.7 Å². The summed E-state index contributed by atoms with van der Waals surface area (Å²) >= 11 is 6.26. The lowest BCUT2D eigenvalue weighted by Gasteiger charge is -2.28. The van der Waals surface area contributed by atoms with E-state index in [2.05, 4.69) is 28.3 Å². The van der Waals surface area contributed by atoms with E-state index in [0.29, 0.717) is 6.61 Å². The first-order chi connectivity index (χ1) is 14.1. The molecule has 0 spiro atoms. The summed E-state index contributed by atoms with van der Waals surface area (Å²) in [5.74, 6) is 1.59. The van der Waals surface area contributed by atoms with E-state index in [0.717, 1.165) is 64.9 Å². The Bertz CT molecular complexity index is 995. The molecule has 4 rings (SSSR count). The van der Waals surface area contributed by atoms with Crippen molar-refractivity contribution in [1.82, 2.24) is 10.3 Å². The Morgan fingerprint density at radius 1 is 1.17 bits per heavy atom. The number of fused-ring (bicyclic) bond motifs is 3. The Kier molecular flexibility index (Phi) is 6.07. The smallest absolute Gasteiger partial charge is 0.171 e. The number of halogens is 1. The third kappa shape index (κ3) is 4.57. The Balaban J connectivity index is 1.27.